The number of aromatic nitrogens is 2. The molecule has 3 heterocycles. The van der Waals surface area contributed by atoms with Crippen LogP contribution in [0.25, 0.3) is 11.0 Å². The van der Waals surface area contributed by atoms with E-state index in [0.29, 0.717) is 6.04 Å². The average molecular weight is 242 g/mol. The zero-order chi connectivity index (χ0) is 10.4. The molecule has 1 N–H and O–H groups in total. The smallest absolute Gasteiger partial charge is 0.142 e. The standard InChI is InChI=1S/C11H12FN3.ClH/c1-7-4-13-6-10-3-8-2-9(12)5-14-11(8)15(7)10;/h2-3,5,7,13H,4,6H2,1H3;1H/t7-;/m1./s1. The third-order valence-corrected chi connectivity index (χ3v) is 2.91. The van der Waals surface area contributed by atoms with E-state index in [2.05, 4.69) is 21.8 Å². The molecule has 0 saturated carbocycles. The normalized spacial score (nSPS) is 19.2. The molecule has 3 nitrogen and oxygen atoms in total. The van der Waals surface area contributed by atoms with E-state index in [1.165, 1.54) is 11.9 Å². The molecule has 0 aromatic carbocycles. The Kier molecular flexibility index (Phi) is 2.86. The summed E-state index contributed by atoms with van der Waals surface area (Å²) in [5.74, 6) is -0.272. The Bertz CT molecular complexity index is 523. The number of hydrogen-bond acceptors (Lipinski definition) is 2. The van der Waals surface area contributed by atoms with Gasteiger partial charge in [0.2, 0.25) is 0 Å². The van der Waals surface area contributed by atoms with Crippen molar-refractivity contribution < 1.29 is 4.39 Å². The molecular formula is C11H13ClFN3. The zero-order valence-electron chi connectivity index (χ0n) is 8.90. The number of rotatable bonds is 0. The Morgan fingerprint density at radius 1 is 1.50 bits per heavy atom. The predicted molar refractivity (Wildman–Crippen MR) is 63.4 cm³/mol. The van der Waals surface area contributed by atoms with Gasteiger partial charge in [0.05, 0.1) is 6.20 Å². The van der Waals surface area contributed by atoms with E-state index in [9.17, 15) is 4.39 Å². The third kappa shape index (κ3) is 1.58. The molecule has 1 atom stereocenters. The van der Waals surface area contributed by atoms with Crippen LogP contribution in [0.1, 0.15) is 18.7 Å². The van der Waals surface area contributed by atoms with Gasteiger partial charge in [-0.2, -0.15) is 0 Å². The van der Waals surface area contributed by atoms with E-state index in [0.717, 1.165) is 24.1 Å². The van der Waals surface area contributed by atoms with Gasteiger partial charge in [0, 0.05) is 30.2 Å². The van der Waals surface area contributed by atoms with Crippen molar-refractivity contribution in [3.63, 3.8) is 0 Å². The van der Waals surface area contributed by atoms with Gasteiger partial charge in [-0.25, -0.2) is 9.37 Å². The topological polar surface area (TPSA) is 29.9 Å². The summed E-state index contributed by atoms with van der Waals surface area (Å²) >= 11 is 0. The molecule has 1 aliphatic heterocycles. The van der Waals surface area contributed by atoms with Crippen LogP contribution in [0.3, 0.4) is 0 Å². The van der Waals surface area contributed by atoms with Crippen LogP contribution in [0.15, 0.2) is 18.3 Å². The number of fused-ring (bicyclic) bond motifs is 3. The third-order valence-electron chi connectivity index (χ3n) is 2.91. The van der Waals surface area contributed by atoms with Crippen LogP contribution < -0.4 is 5.32 Å². The number of pyridine rings is 1. The fraction of sp³-hybridized carbons (Fsp3) is 0.364. The second-order valence-electron chi connectivity index (χ2n) is 4.05. The van der Waals surface area contributed by atoms with Crippen molar-refractivity contribution in [3.8, 4) is 0 Å². The van der Waals surface area contributed by atoms with Gasteiger partial charge < -0.3 is 9.88 Å². The van der Waals surface area contributed by atoms with Gasteiger partial charge in [0.25, 0.3) is 0 Å². The number of nitrogens with zero attached hydrogens (tertiary/aromatic N) is 2. The number of halogens is 2. The predicted octanol–water partition coefficient (Wildman–Crippen LogP) is 2.26. The Morgan fingerprint density at radius 2 is 2.31 bits per heavy atom. The fourth-order valence-corrected chi connectivity index (χ4v) is 2.27. The average Bonchev–Trinajstić information content (AvgIpc) is 2.56. The fourth-order valence-electron chi connectivity index (χ4n) is 2.27. The lowest BCUT2D eigenvalue weighted by Crippen LogP contribution is -2.31. The molecule has 2 aromatic heterocycles. The molecule has 0 unspecified atom stereocenters. The minimum Gasteiger partial charge on any atom is -0.324 e. The van der Waals surface area contributed by atoms with Gasteiger partial charge in [-0.05, 0) is 19.1 Å². The van der Waals surface area contributed by atoms with Crippen LogP contribution in [0.4, 0.5) is 4.39 Å². The molecule has 0 radical (unpaired) electrons. The molecule has 0 spiro atoms. The first-order valence-corrected chi connectivity index (χ1v) is 5.12. The van der Waals surface area contributed by atoms with Gasteiger partial charge in [-0.15, -0.1) is 12.4 Å². The molecule has 2 aromatic rings. The zero-order valence-corrected chi connectivity index (χ0v) is 9.72. The first-order valence-electron chi connectivity index (χ1n) is 5.12. The Balaban J connectivity index is 0.000000963. The van der Waals surface area contributed by atoms with Crippen molar-refractivity contribution in [2.24, 2.45) is 0 Å². The van der Waals surface area contributed by atoms with Crippen LogP contribution in [-0.4, -0.2) is 16.1 Å². The summed E-state index contributed by atoms with van der Waals surface area (Å²) in [7, 11) is 0. The number of nitrogens with one attached hydrogen (secondary N) is 1. The molecule has 86 valence electrons. The van der Waals surface area contributed by atoms with Gasteiger partial charge in [-0.3, -0.25) is 0 Å². The summed E-state index contributed by atoms with van der Waals surface area (Å²) in [6.45, 7) is 3.91. The van der Waals surface area contributed by atoms with E-state index < -0.39 is 0 Å². The monoisotopic (exact) mass is 241 g/mol. The highest BCUT2D eigenvalue weighted by atomic mass is 35.5. The summed E-state index contributed by atoms with van der Waals surface area (Å²) in [6, 6.07) is 3.93. The van der Waals surface area contributed by atoms with Crippen molar-refractivity contribution in [1.29, 1.82) is 0 Å². The summed E-state index contributed by atoms with van der Waals surface area (Å²) in [4.78, 5) is 4.16. The van der Waals surface area contributed by atoms with Crippen molar-refractivity contribution in [2.45, 2.75) is 19.5 Å². The summed E-state index contributed by atoms with van der Waals surface area (Å²) in [5, 5.41) is 4.21. The maximum atomic E-state index is 13.0. The first-order chi connectivity index (χ1) is 7.25. The van der Waals surface area contributed by atoms with E-state index in [1.54, 1.807) is 6.07 Å². The van der Waals surface area contributed by atoms with Gasteiger partial charge in [0.15, 0.2) is 0 Å². The van der Waals surface area contributed by atoms with E-state index in [1.807, 2.05) is 6.07 Å². The first kappa shape index (κ1) is 11.4. The molecule has 0 aliphatic carbocycles. The minimum atomic E-state index is -0.272. The largest absolute Gasteiger partial charge is 0.324 e. The van der Waals surface area contributed by atoms with Gasteiger partial charge in [0.1, 0.15) is 11.5 Å². The van der Waals surface area contributed by atoms with E-state index >= 15 is 0 Å². The van der Waals surface area contributed by atoms with Crippen LogP contribution in [0.2, 0.25) is 0 Å². The van der Waals surface area contributed by atoms with Crippen molar-refractivity contribution in [3.05, 3.63) is 29.8 Å². The van der Waals surface area contributed by atoms with Crippen LogP contribution in [0.5, 0.6) is 0 Å². The second-order valence-corrected chi connectivity index (χ2v) is 4.05. The maximum Gasteiger partial charge on any atom is 0.142 e. The van der Waals surface area contributed by atoms with E-state index in [-0.39, 0.29) is 18.2 Å². The van der Waals surface area contributed by atoms with Crippen LogP contribution in [-0.2, 0) is 6.54 Å². The van der Waals surface area contributed by atoms with E-state index in [4.69, 9.17) is 0 Å². The highest BCUT2D eigenvalue weighted by molar-refractivity contribution is 5.85. The van der Waals surface area contributed by atoms with Gasteiger partial charge in [-0.1, -0.05) is 0 Å². The molecular weight excluding hydrogens is 229 g/mol. The summed E-state index contributed by atoms with van der Waals surface area (Å²) < 4.78 is 15.2. The van der Waals surface area contributed by atoms with Gasteiger partial charge >= 0.3 is 0 Å². The quantitative estimate of drug-likeness (QED) is 0.767. The summed E-state index contributed by atoms with van der Waals surface area (Å²) in [5.41, 5.74) is 2.07. The lowest BCUT2D eigenvalue weighted by atomic mass is 10.2. The number of hydrogen-bond donors (Lipinski definition) is 1. The molecule has 0 saturated heterocycles. The summed E-state index contributed by atoms with van der Waals surface area (Å²) in [6.07, 6.45) is 1.28. The maximum absolute atomic E-state index is 13.0. The molecule has 0 amide bonds. The van der Waals surface area contributed by atoms with Crippen LogP contribution >= 0.6 is 12.4 Å². The molecule has 0 bridgehead atoms. The minimum absolute atomic E-state index is 0. The lowest BCUT2D eigenvalue weighted by Gasteiger charge is -2.24. The highest BCUT2D eigenvalue weighted by Gasteiger charge is 2.18. The van der Waals surface area contributed by atoms with Crippen molar-refractivity contribution in [2.75, 3.05) is 6.54 Å². The van der Waals surface area contributed by atoms with Crippen LogP contribution in [0, 0.1) is 5.82 Å². The highest BCUT2D eigenvalue weighted by Crippen LogP contribution is 2.25. The molecule has 0 fully saturated rings. The molecule has 5 heteroatoms. The molecule has 1 aliphatic rings. The molecule has 16 heavy (non-hydrogen) atoms. The Hall–Kier alpha value is -1.13. The molecule has 3 rings (SSSR count). The second kappa shape index (κ2) is 4.03. The lowest BCUT2D eigenvalue weighted by molar-refractivity contribution is 0.437. The Labute approximate surface area is 99.1 Å². The SMILES string of the molecule is C[C@@H]1CNCc2cc3cc(F)cnc3n21.Cl. The Morgan fingerprint density at radius 3 is 3.12 bits per heavy atom. The van der Waals surface area contributed by atoms with Crippen molar-refractivity contribution in [1.82, 2.24) is 14.9 Å². The van der Waals surface area contributed by atoms with Crippen molar-refractivity contribution >= 4 is 23.4 Å².